The smallest absolute Gasteiger partial charge is 0.276 e. The minimum Gasteiger partial charge on any atom is -0.336 e. The molecule has 1 aromatic carbocycles. The molecule has 0 amide bonds. The molecule has 0 atom stereocenters. The van der Waals surface area contributed by atoms with Crippen LogP contribution in [0.4, 0.5) is 4.39 Å². The molecule has 0 aliphatic carbocycles. The van der Waals surface area contributed by atoms with Crippen molar-refractivity contribution in [2.45, 2.75) is 46.6 Å². The van der Waals surface area contributed by atoms with Crippen molar-refractivity contribution in [2.24, 2.45) is 4.99 Å². The number of aryl methyl sites for hydroxylation is 3. The number of aliphatic imine (C=N–C) groups is 1. The summed E-state index contributed by atoms with van der Waals surface area (Å²) in [6.07, 6.45) is 7.09. The zero-order valence-corrected chi connectivity index (χ0v) is 16.2. The number of aromatic nitrogens is 2. The average Bonchev–Trinajstić information content (AvgIpc) is 2.65. The summed E-state index contributed by atoms with van der Waals surface area (Å²) < 4.78 is 15.0. The molecular formula is C22H26FN3O. The highest BCUT2D eigenvalue weighted by Crippen LogP contribution is 2.10. The van der Waals surface area contributed by atoms with Gasteiger partial charge in [-0.2, -0.15) is 4.98 Å². The zero-order chi connectivity index (χ0) is 19.8. The number of hydrogen-bond donors (Lipinski definition) is 0. The Kier molecular flexibility index (Phi) is 7.41. The second kappa shape index (κ2) is 9.76. The van der Waals surface area contributed by atoms with Crippen LogP contribution in [-0.4, -0.2) is 15.3 Å². The third-order valence-corrected chi connectivity index (χ3v) is 4.19. The van der Waals surface area contributed by atoms with Crippen LogP contribution >= 0.6 is 0 Å². The van der Waals surface area contributed by atoms with Gasteiger partial charge in [-0.05, 0) is 50.5 Å². The summed E-state index contributed by atoms with van der Waals surface area (Å²) in [6.45, 7) is 10.4. The van der Waals surface area contributed by atoms with Gasteiger partial charge in [0, 0.05) is 43.1 Å². The normalized spacial score (nSPS) is 11.3. The van der Waals surface area contributed by atoms with Crippen molar-refractivity contribution in [1.29, 1.82) is 0 Å². The highest BCUT2D eigenvalue weighted by atomic mass is 19.1. The minimum atomic E-state index is -0.250. The van der Waals surface area contributed by atoms with Crippen molar-refractivity contribution in [1.82, 2.24) is 9.55 Å². The third kappa shape index (κ3) is 6.13. The van der Waals surface area contributed by atoms with Crippen molar-refractivity contribution in [3.05, 3.63) is 88.0 Å². The van der Waals surface area contributed by atoms with Crippen LogP contribution < -0.4 is 5.56 Å². The maximum absolute atomic E-state index is 13.0. The summed E-state index contributed by atoms with van der Waals surface area (Å²) in [4.78, 5) is 21.1. The van der Waals surface area contributed by atoms with Crippen LogP contribution in [0.2, 0.25) is 0 Å². The third-order valence-electron chi connectivity index (χ3n) is 4.19. The molecule has 0 N–H and O–H groups in total. The van der Waals surface area contributed by atoms with E-state index in [2.05, 4.69) is 16.6 Å². The van der Waals surface area contributed by atoms with Crippen LogP contribution in [0.5, 0.6) is 0 Å². The quantitative estimate of drug-likeness (QED) is 0.516. The molecule has 27 heavy (non-hydrogen) atoms. The van der Waals surface area contributed by atoms with Crippen LogP contribution in [0.15, 0.2) is 64.7 Å². The Bertz CT molecular complexity index is 904. The first-order valence-electron chi connectivity index (χ1n) is 9.09. The number of benzene rings is 1. The molecule has 1 heterocycles. The van der Waals surface area contributed by atoms with E-state index in [9.17, 15) is 9.18 Å². The summed E-state index contributed by atoms with van der Waals surface area (Å²) in [6, 6.07) is 6.41. The van der Waals surface area contributed by atoms with Crippen LogP contribution in [0.25, 0.3) is 0 Å². The average molecular weight is 367 g/mol. The molecule has 0 radical (unpaired) electrons. The molecule has 0 aliphatic rings. The van der Waals surface area contributed by atoms with Gasteiger partial charge in [-0.3, -0.25) is 9.79 Å². The molecule has 0 saturated heterocycles. The molecule has 0 spiro atoms. The first-order chi connectivity index (χ1) is 12.9. The molecule has 142 valence electrons. The maximum Gasteiger partial charge on any atom is 0.276 e. The van der Waals surface area contributed by atoms with Gasteiger partial charge in [-0.1, -0.05) is 24.8 Å². The Morgan fingerprint density at radius 1 is 1.26 bits per heavy atom. The molecule has 0 unspecified atom stereocenters. The summed E-state index contributed by atoms with van der Waals surface area (Å²) in [7, 11) is 0. The lowest BCUT2D eigenvalue weighted by atomic mass is 10.1. The van der Waals surface area contributed by atoms with E-state index >= 15 is 0 Å². The predicted octanol–water partition coefficient (Wildman–Crippen LogP) is 4.28. The van der Waals surface area contributed by atoms with E-state index in [0.29, 0.717) is 24.8 Å². The van der Waals surface area contributed by atoms with Crippen LogP contribution in [-0.2, 0) is 25.8 Å². The fraction of sp³-hybridized carbons (Fsp3) is 0.318. The van der Waals surface area contributed by atoms with Gasteiger partial charge in [0.2, 0.25) is 0 Å². The Morgan fingerprint density at radius 3 is 2.56 bits per heavy atom. The number of hydrogen-bond acceptors (Lipinski definition) is 3. The second-order valence-electron chi connectivity index (χ2n) is 6.56. The minimum absolute atomic E-state index is 0.223. The highest BCUT2D eigenvalue weighted by Gasteiger charge is 2.09. The van der Waals surface area contributed by atoms with E-state index in [1.54, 1.807) is 24.4 Å². The standard InChI is InChI=1S/C22H26FN3O/c1-5-17(14-24-16(3)4)13-19-15-26(6-2)21(25-22(19)27)12-9-18-7-10-20(23)11-8-18/h5,7-8,10-11,14-15H,1,6,9,12-13H2,2-4H3/b17-14+. The van der Waals surface area contributed by atoms with Gasteiger partial charge in [0.05, 0.1) is 0 Å². The molecule has 2 aromatic rings. The molecule has 4 nitrogen and oxygen atoms in total. The Morgan fingerprint density at radius 2 is 1.96 bits per heavy atom. The molecule has 0 fully saturated rings. The van der Waals surface area contributed by atoms with Crippen LogP contribution in [0, 0.1) is 5.82 Å². The largest absolute Gasteiger partial charge is 0.336 e. The summed E-state index contributed by atoms with van der Waals surface area (Å²) in [5.74, 6) is 0.488. The van der Waals surface area contributed by atoms with Gasteiger partial charge in [0.1, 0.15) is 11.6 Å². The SMILES string of the molecule is C=C/C(=C\N=C(C)C)Cc1cn(CC)c(CCc2ccc(F)cc2)nc1=O. The van der Waals surface area contributed by atoms with E-state index < -0.39 is 0 Å². The first-order valence-corrected chi connectivity index (χ1v) is 9.09. The lowest BCUT2D eigenvalue weighted by Crippen LogP contribution is -2.22. The Labute approximate surface area is 159 Å². The zero-order valence-electron chi connectivity index (χ0n) is 16.2. The lowest BCUT2D eigenvalue weighted by molar-refractivity contribution is 0.625. The van der Waals surface area contributed by atoms with Gasteiger partial charge >= 0.3 is 0 Å². The number of nitrogens with zero attached hydrogens (tertiary/aromatic N) is 3. The van der Waals surface area contributed by atoms with E-state index in [-0.39, 0.29) is 11.4 Å². The topological polar surface area (TPSA) is 47.2 Å². The summed E-state index contributed by atoms with van der Waals surface area (Å²) in [5.41, 5.74) is 3.23. The molecular weight excluding hydrogens is 341 g/mol. The van der Waals surface area contributed by atoms with E-state index in [1.165, 1.54) is 12.1 Å². The first kappa shape index (κ1) is 20.5. The Hall–Kier alpha value is -2.82. The molecule has 5 heteroatoms. The van der Waals surface area contributed by atoms with E-state index in [1.807, 2.05) is 31.5 Å². The van der Waals surface area contributed by atoms with Gasteiger partial charge in [0.25, 0.3) is 5.56 Å². The number of allylic oxidation sites excluding steroid dienone is 2. The lowest BCUT2D eigenvalue weighted by Gasteiger charge is -2.12. The van der Waals surface area contributed by atoms with Crippen LogP contribution in [0.1, 0.15) is 37.7 Å². The number of rotatable bonds is 8. The van der Waals surface area contributed by atoms with Crippen LogP contribution in [0.3, 0.4) is 0 Å². The van der Waals surface area contributed by atoms with Crippen molar-refractivity contribution in [3.8, 4) is 0 Å². The molecule has 0 bridgehead atoms. The predicted molar refractivity (Wildman–Crippen MR) is 109 cm³/mol. The van der Waals surface area contributed by atoms with E-state index in [4.69, 9.17) is 0 Å². The van der Waals surface area contributed by atoms with Gasteiger partial charge in [-0.15, -0.1) is 0 Å². The van der Waals surface area contributed by atoms with Crippen molar-refractivity contribution in [3.63, 3.8) is 0 Å². The molecule has 0 saturated carbocycles. The molecule has 2 rings (SSSR count). The van der Waals surface area contributed by atoms with Crippen molar-refractivity contribution < 1.29 is 4.39 Å². The second-order valence-corrected chi connectivity index (χ2v) is 6.56. The highest BCUT2D eigenvalue weighted by molar-refractivity contribution is 5.79. The fourth-order valence-electron chi connectivity index (χ4n) is 2.68. The van der Waals surface area contributed by atoms with E-state index in [0.717, 1.165) is 29.2 Å². The summed E-state index contributed by atoms with van der Waals surface area (Å²) >= 11 is 0. The molecule has 0 aliphatic heterocycles. The monoisotopic (exact) mass is 367 g/mol. The Balaban J connectivity index is 2.22. The molecule has 1 aromatic heterocycles. The maximum atomic E-state index is 13.0. The summed E-state index contributed by atoms with van der Waals surface area (Å²) in [5, 5.41) is 0. The van der Waals surface area contributed by atoms with Crippen molar-refractivity contribution >= 4 is 5.71 Å². The van der Waals surface area contributed by atoms with Gasteiger partial charge in [0.15, 0.2) is 0 Å². The fourth-order valence-corrected chi connectivity index (χ4v) is 2.68. The number of halogens is 1. The van der Waals surface area contributed by atoms with Crippen molar-refractivity contribution in [2.75, 3.05) is 0 Å². The van der Waals surface area contributed by atoms with Gasteiger partial charge < -0.3 is 4.57 Å². The van der Waals surface area contributed by atoms with Gasteiger partial charge in [-0.25, -0.2) is 4.39 Å².